The van der Waals surface area contributed by atoms with Crippen molar-refractivity contribution in [2.45, 2.75) is 32.2 Å². The van der Waals surface area contributed by atoms with Crippen LogP contribution in [0.2, 0.25) is 0 Å². The summed E-state index contributed by atoms with van der Waals surface area (Å²) >= 11 is 0. The molecule has 1 saturated heterocycles. The third-order valence-corrected chi connectivity index (χ3v) is 4.63. The molecule has 1 fully saturated rings. The Morgan fingerprint density at radius 1 is 1.36 bits per heavy atom. The molecule has 1 aliphatic heterocycles. The monoisotopic (exact) mass is 344 g/mol. The molecule has 0 radical (unpaired) electrons. The second kappa shape index (κ2) is 8.25. The maximum atomic E-state index is 13.8. The van der Waals surface area contributed by atoms with Gasteiger partial charge in [-0.3, -0.25) is 0 Å². The highest BCUT2D eigenvalue weighted by Crippen LogP contribution is 2.23. The normalized spacial score (nSPS) is 18.8. The number of aliphatic hydroxyl groups excluding tert-OH is 1. The van der Waals surface area contributed by atoms with Crippen LogP contribution in [0.1, 0.15) is 25.3 Å². The van der Waals surface area contributed by atoms with E-state index >= 15 is 0 Å². The highest BCUT2D eigenvalue weighted by molar-refractivity contribution is 5.49. The zero-order chi connectivity index (χ0) is 17.6. The Kier molecular flexibility index (Phi) is 5.81. The molecule has 1 aromatic carbocycles. The van der Waals surface area contributed by atoms with Gasteiger partial charge < -0.3 is 15.3 Å². The lowest BCUT2D eigenvalue weighted by Gasteiger charge is -2.32. The molecule has 2 atom stereocenters. The van der Waals surface area contributed by atoms with E-state index in [0.717, 1.165) is 37.6 Å². The lowest BCUT2D eigenvalue weighted by atomic mass is 9.99. The first kappa shape index (κ1) is 17.6. The molecule has 2 heterocycles. The van der Waals surface area contributed by atoms with Crippen molar-refractivity contribution in [3.8, 4) is 0 Å². The molecular weight excluding hydrogens is 319 g/mol. The third kappa shape index (κ3) is 4.66. The van der Waals surface area contributed by atoms with E-state index in [-0.39, 0.29) is 18.5 Å². The SMILES string of the molecule is CC(Cc1ccccc1F)Nc1cc(N2CCCC(CO)C2)ncn1. The fraction of sp³-hybridized carbons (Fsp3) is 0.474. The first-order chi connectivity index (χ1) is 12.2. The van der Waals surface area contributed by atoms with Gasteiger partial charge in [0.15, 0.2) is 0 Å². The van der Waals surface area contributed by atoms with Crippen molar-refractivity contribution in [1.82, 2.24) is 9.97 Å². The summed E-state index contributed by atoms with van der Waals surface area (Å²) in [7, 11) is 0. The van der Waals surface area contributed by atoms with Crippen LogP contribution in [-0.4, -0.2) is 40.8 Å². The van der Waals surface area contributed by atoms with Crippen molar-refractivity contribution in [2.24, 2.45) is 5.92 Å². The molecule has 2 aromatic rings. The van der Waals surface area contributed by atoms with E-state index in [2.05, 4.69) is 20.2 Å². The fourth-order valence-corrected chi connectivity index (χ4v) is 3.32. The van der Waals surface area contributed by atoms with Gasteiger partial charge in [-0.25, -0.2) is 14.4 Å². The minimum Gasteiger partial charge on any atom is -0.396 e. The summed E-state index contributed by atoms with van der Waals surface area (Å²) in [6.07, 6.45) is 4.25. The van der Waals surface area contributed by atoms with Gasteiger partial charge in [0.05, 0.1) is 0 Å². The molecule has 2 N–H and O–H groups in total. The summed E-state index contributed by atoms with van der Waals surface area (Å²) in [5.74, 6) is 1.73. The van der Waals surface area contributed by atoms with Crippen molar-refractivity contribution in [3.63, 3.8) is 0 Å². The molecule has 6 heteroatoms. The predicted molar refractivity (Wildman–Crippen MR) is 97.2 cm³/mol. The van der Waals surface area contributed by atoms with Crippen LogP contribution < -0.4 is 10.2 Å². The van der Waals surface area contributed by atoms with Crippen molar-refractivity contribution in [2.75, 3.05) is 29.9 Å². The van der Waals surface area contributed by atoms with Gasteiger partial charge in [0.2, 0.25) is 0 Å². The quantitative estimate of drug-likeness (QED) is 0.844. The lowest BCUT2D eigenvalue weighted by molar-refractivity contribution is 0.208. The lowest BCUT2D eigenvalue weighted by Crippen LogP contribution is -2.37. The topological polar surface area (TPSA) is 61.3 Å². The Morgan fingerprint density at radius 3 is 3.00 bits per heavy atom. The van der Waals surface area contributed by atoms with Gasteiger partial charge in [-0.2, -0.15) is 0 Å². The van der Waals surface area contributed by atoms with Gasteiger partial charge in [-0.05, 0) is 43.7 Å². The van der Waals surface area contributed by atoms with Crippen LogP contribution in [0.4, 0.5) is 16.0 Å². The molecule has 25 heavy (non-hydrogen) atoms. The van der Waals surface area contributed by atoms with E-state index in [4.69, 9.17) is 0 Å². The van der Waals surface area contributed by atoms with Gasteiger partial charge in [0, 0.05) is 31.8 Å². The number of rotatable bonds is 6. The number of nitrogens with zero attached hydrogens (tertiary/aromatic N) is 3. The maximum Gasteiger partial charge on any atom is 0.134 e. The largest absolute Gasteiger partial charge is 0.396 e. The van der Waals surface area contributed by atoms with Gasteiger partial charge >= 0.3 is 0 Å². The number of halogens is 1. The summed E-state index contributed by atoms with van der Waals surface area (Å²) in [6.45, 7) is 3.98. The number of aromatic nitrogens is 2. The van der Waals surface area contributed by atoms with Crippen LogP contribution in [0.5, 0.6) is 0 Å². The smallest absolute Gasteiger partial charge is 0.134 e. The Morgan fingerprint density at radius 2 is 2.20 bits per heavy atom. The number of benzene rings is 1. The summed E-state index contributed by atoms with van der Waals surface area (Å²) in [6, 6.07) is 8.82. The van der Waals surface area contributed by atoms with Crippen molar-refractivity contribution in [3.05, 3.63) is 48.0 Å². The number of piperidine rings is 1. The third-order valence-electron chi connectivity index (χ3n) is 4.63. The highest BCUT2D eigenvalue weighted by atomic mass is 19.1. The average Bonchev–Trinajstić information content (AvgIpc) is 2.64. The van der Waals surface area contributed by atoms with E-state index in [1.54, 1.807) is 12.4 Å². The van der Waals surface area contributed by atoms with Crippen LogP contribution >= 0.6 is 0 Å². The molecule has 1 aromatic heterocycles. The standard InChI is InChI=1S/C19H25FN4O/c1-14(9-16-6-2-3-7-17(16)20)23-18-10-19(22-13-21-18)24-8-4-5-15(11-24)12-25/h2-3,6-7,10,13-15,25H,4-5,8-9,11-12H2,1H3,(H,21,22,23). The van der Waals surface area contributed by atoms with E-state index in [9.17, 15) is 9.50 Å². The van der Waals surface area contributed by atoms with E-state index in [1.807, 2.05) is 25.1 Å². The number of hydrogen-bond acceptors (Lipinski definition) is 5. The van der Waals surface area contributed by atoms with Crippen molar-refractivity contribution < 1.29 is 9.50 Å². The molecule has 2 unspecified atom stereocenters. The molecule has 0 bridgehead atoms. The molecule has 0 aliphatic carbocycles. The van der Waals surface area contributed by atoms with Crippen LogP contribution in [0, 0.1) is 11.7 Å². The van der Waals surface area contributed by atoms with E-state index < -0.39 is 0 Å². The van der Waals surface area contributed by atoms with Crippen molar-refractivity contribution >= 4 is 11.6 Å². The Labute approximate surface area is 147 Å². The van der Waals surface area contributed by atoms with E-state index in [0.29, 0.717) is 17.9 Å². The second-order valence-electron chi connectivity index (χ2n) is 6.74. The molecule has 0 spiro atoms. The number of aliphatic hydroxyl groups is 1. The minimum atomic E-state index is -0.178. The van der Waals surface area contributed by atoms with Gasteiger partial charge in [-0.15, -0.1) is 0 Å². The highest BCUT2D eigenvalue weighted by Gasteiger charge is 2.20. The summed E-state index contributed by atoms with van der Waals surface area (Å²) < 4.78 is 13.8. The molecule has 3 rings (SSSR count). The van der Waals surface area contributed by atoms with Gasteiger partial charge in [0.25, 0.3) is 0 Å². The van der Waals surface area contributed by atoms with Gasteiger partial charge in [0.1, 0.15) is 23.8 Å². The molecule has 0 saturated carbocycles. The Hall–Kier alpha value is -2.21. The number of hydrogen-bond donors (Lipinski definition) is 2. The summed E-state index contributed by atoms with van der Waals surface area (Å²) in [5, 5.41) is 12.7. The average molecular weight is 344 g/mol. The Bertz CT molecular complexity index is 697. The number of anilines is 2. The van der Waals surface area contributed by atoms with Crippen molar-refractivity contribution in [1.29, 1.82) is 0 Å². The Balaban J connectivity index is 1.64. The zero-order valence-electron chi connectivity index (χ0n) is 14.5. The fourth-order valence-electron chi connectivity index (χ4n) is 3.32. The molecule has 5 nitrogen and oxygen atoms in total. The second-order valence-corrected chi connectivity index (χ2v) is 6.74. The molecule has 0 amide bonds. The van der Waals surface area contributed by atoms with E-state index in [1.165, 1.54) is 6.07 Å². The van der Waals surface area contributed by atoms with Crippen LogP contribution in [-0.2, 0) is 6.42 Å². The minimum absolute atomic E-state index is 0.0474. The summed E-state index contributed by atoms with van der Waals surface area (Å²) in [5.41, 5.74) is 0.693. The molecule has 1 aliphatic rings. The molecule has 134 valence electrons. The first-order valence-corrected chi connectivity index (χ1v) is 8.83. The van der Waals surface area contributed by atoms with Crippen LogP contribution in [0.3, 0.4) is 0 Å². The predicted octanol–water partition coefficient (Wildman–Crippen LogP) is 2.87. The first-order valence-electron chi connectivity index (χ1n) is 8.83. The van der Waals surface area contributed by atoms with Gasteiger partial charge in [-0.1, -0.05) is 18.2 Å². The maximum absolute atomic E-state index is 13.8. The number of nitrogens with one attached hydrogen (secondary N) is 1. The van der Waals surface area contributed by atoms with Crippen LogP contribution in [0.25, 0.3) is 0 Å². The zero-order valence-corrected chi connectivity index (χ0v) is 14.5. The summed E-state index contributed by atoms with van der Waals surface area (Å²) in [4.78, 5) is 10.8. The molecular formula is C19H25FN4O. The van der Waals surface area contributed by atoms with Crippen LogP contribution in [0.15, 0.2) is 36.7 Å².